The van der Waals surface area contributed by atoms with E-state index >= 15 is 0 Å². The van der Waals surface area contributed by atoms with Crippen LogP contribution in [0.2, 0.25) is 0 Å². The third-order valence-electron chi connectivity index (χ3n) is 2.47. The molecule has 1 heterocycles. The molecule has 1 aliphatic rings. The average Bonchev–Trinajstić information content (AvgIpc) is 2.26. The van der Waals surface area contributed by atoms with Crippen molar-refractivity contribution in [3.63, 3.8) is 0 Å². The molecule has 4 N–H and O–H groups in total. The van der Waals surface area contributed by atoms with Crippen LogP contribution in [0.4, 0.5) is 0 Å². The van der Waals surface area contributed by atoms with Crippen molar-refractivity contribution in [2.75, 3.05) is 39.4 Å². The number of esters is 2. The number of hydrogen-bond donors (Lipinski definition) is 2. The van der Waals surface area contributed by atoms with Crippen LogP contribution in [0, 0.1) is 0 Å². The lowest BCUT2D eigenvalue weighted by Gasteiger charge is -2.34. The molecule has 0 amide bonds. The SMILES string of the molecule is N.O=C([O-])C[N+]1(CC(=O)O)CC(=O)OCCOC(=O)C1. The van der Waals surface area contributed by atoms with E-state index in [1.165, 1.54) is 0 Å². The van der Waals surface area contributed by atoms with Gasteiger partial charge >= 0.3 is 17.9 Å². The van der Waals surface area contributed by atoms with Gasteiger partial charge < -0.3 is 30.6 Å². The molecule has 1 rings (SSSR count). The molecule has 0 atom stereocenters. The van der Waals surface area contributed by atoms with Gasteiger partial charge in [0.2, 0.25) is 0 Å². The van der Waals surface area contributed by atoms with Crippen LogP contribution in [0.5, 0.6) is 0 Å². The smallest absolute Gasteiger partial charge is 0.361 e. The van der Waals surface area contributed by atoms with Gasteiger partial charge in [0.25, 0.3) is 0 Å². The van der Waals surface area contributed by atoms with Gasteiger partial charge in [0, 0.05) is 0 Å². The van der Waals surface area contributed by atoms with Crippen molar-refractivity contribution in [2.24, 2.45) is 0 Å². The average molecular weight is 292 g/mol. The normalized spacial score (nSPS) is 18.4. The molecule has 0 aromatic heterocycles. The molecular formula is C10H16N2O8. The first-order chi connectivity index (χ1) is 8.83. The third kappa shape index (κ3) is 5.63. The number of carbonyl (C=O) groups excluding carboxylic acids is 3. The number of nitrogens with zero attached hydrogens (tertiary/aromatic N) is 1. The lowest BCUT2D eigenvalue weighted by atomic mass is 10.3. The van der Waals surface area contributed by atoms with Gasteiger partial charge in [-0.25, -0.2) is 14.4 Å². The predicted octanol–water partition coefficient (Wildman–Crippen LogP) is -3.10. The van der Waals surface area contributed by atoms with Crippen LogP contribution in [0.25, 0.3) is 0 Å². The van der Waals surface area contributed by atoms with Crippen molar-refractivity contribution in [1.29, 1.82) is 0 Å². The summed E-state index contributed by atoms with van der Waals surface area (Å²) >= 11 is 0. The molecule has 20 heavy (non-hydrogen) atoms. The second-order valence-corrected chi connectivity index (χ2v) is 4.18. The zero-order valence-electron chi connectivity index (χ0n) is 10.7. The van der Waals surface area contributed by atoms with Crippen LogP contribution in [0.1, 0.15) is 0 Å². The van der Waals surface area contributed by atoms with Gasteiger partial charge in [-0.05, 0) is 0 Å². The molecule has 1 fully saturated rings. The Morgan fingerprint density at radius 2 is 1.55 bits per heavy atom. The number of rotatable bonds is 4. The van der Waals surface area contributed by atoms with Crippen LogP contribution in [-0.4, -0.2) is 72.9 Å². The fraction of sp³-hybridized carbons (Fsp3) is 0.600. The third-order valence-corrected chi connectivity index (χ3v) is 2.47. The molecule has 0 unspecified atom stereocenters. The molecule has 1 aliphatic heterocycles. The second-order valence-electron chi connectivity index (χ2n) is 4.18. The summed E-state index contributed by atoms with van der Waals surface area (Å²) in [6.07, 6.45) is 0. The highest BCUT2D eigenvalue weighted by atomic mass is 16.6. The molecule has 0 saturated carbocycles. The van der Waals surface area contributed by atoms with Crippen molar-refractivity contribution >= 4 is 23.9 Å². The zero-order valence-corrected chi connectivity index (χ0v) is 10.7. The Morgan fingerprint density at radius 3 is 1.90 bits per heavy atom. The quantitative estimate of drug-likeness (QED) is 0.403. The second kappa shape index (κ2) is 7.40. The molecular weight excluding hydrogens is 276 g/mol. The van der Waals surface area contributed by atoms with Crippen molar-refractivity contribution < 1.29 is 43.3 Å². The van der Waals surface area contributed by atoms with E-state index in [-0.39, 0.29) is 19.4 Å². The van der Waals surface area contributed by atoms with Crippen molar-refractivity contribution in [3.05, 3.63) is 0 Å². The lowest BCUT2D eigenvalue weighted by molar-refractivity contribution is -0.902. The van der Waals surface area contributed by atoms with Crippen molar-refractivity contribution in [1.82, 2.24) is 6.15 Å². The molecule has 1 saturated heterocycles. The maximum atomic E-state index is 11.5. The number of quaternary nitrogens is 1. The predicted molar refractivity (Wildman–Crippen MR) is 59.3 cm³/mol. The zero-order chi connectivity index (χ0) is 14.5. The van der Waals surface area contributed by atoms with Crippen LogP contribution in [-0.2, 0) is 28.7 Å². The summed E-state index contributed by atoms with van der Waals surface area (Å²) in [5, 5.41) is 19.5. The Labute approximate surface area is 114 Å². The van der Waals surface area contributed by atoms with Gasteiger partial charge in [0.1, 0.15) is 19.8 Å². The number of carboxylic acids is 2. The minimum Gasteiger partial charge on any atom is -0.544 e. The largest absolute Gasteiger partial charge is 0.544 e. The summed E-state index contributed by atoms with van der Waals surface area (Å²) in [5.41, 5.74) is 0. The molecule has 0 aromatic carbocycles. The van der Waals surface area contributed by atoms with E-state index in [4.69, 9.17) is 14.6 Å². The highest BCUT2D eigenvalue weighted by molar-refractivity contribution is 5.76. The van der Waals surface area contributed by atoms with Crippen molar-refractivity contribution in [2.45, 2.75) is 0 Å². The highest BCUT2D eigenvalue weighted by Gasteiger charge is 2.38. The molecule has 0 aromatic rings. The molecule has 10 heteroatoms. The van der Waals surface area contributed by atoms with Gasteiger partial charge in [-0.1, -0.05) is 0 Å². The monoisotopic (exact) mass is 292 g/mol. The molecule has 0 radical (unpaired) electrons. The minimum absolute atomic E-state index is 0. The highest BCUT2D eigenvalue weighted by Crippen LogP contribution is 2.09. The van der Waals surface area contributed by atoms with Crippen LogP contribution >= 0.6 is 0 Å². The van der Waals surface area contributed by atoms with Crippen LogP contribution < -0.4 is 11.3 Å². The van der Waals surface area contributed by atoms with E-state index in [0.717, 1.165) is 0 Å². The molecule has 0 spiro atoms. The van der Waals surface area contributed by atoms with E-state index < -0.39 is 54.5 Å². The van der Waals surface area contributed by atoms with Gasteiger partial charge in [-0.2, -0.15) is 0 Å². The summed E-state index contributed by atoms with van der Waals surface area (Å²) in [6, 6.07) is 0. The van der Waals surface area contributed by atoms with E-state index in [1.54, 1.807) is 0 Å². The molecule has 0 aliphatic carbocycles. The van der Waals surface area contributed by atoms with E-state index in [2.05, 4.69) is 0 Å². The summed E-state index contributed by atoms with van der Waals surface area (Å²) in [7, 11) is 0. The lowest BCUT2D eigenvalue weighted by Crippen LogP contribution is -2.60. The topological polar surface area (TPSA) is 165 Å². The Kier molecular flexibility index (Phi) is 6.59. The van der Waals surface area contributed by atoms with Crippen molar-refractivity contribution in [3.8, 4) is 0 Å². The number of hydrogen-bond acceptors (Lipinski definition) is 8. The first-order valence-electron chi connectivity index (χ1n) is 5.41. The maximum Gasteiger partial charge on any atom is 0.361 e. The van der Waals surface area contributed by atoms with Crippen LogP contribution in [0.15, 0.2) is 0 Å². The Bertz CT molecular complexity index is 370. The fourth-order valence-electron chi connectivity index (χ4n) is 1.85. The number of cyclic esters (lactones) is 2. The minimum atomic E-state index is -1.57. The molecule has 0 bridgehead atoms. The van der Waals surface area contributed by atoms with E-state index in [1.807, 2.05) is 0 Å². The molecule has 10 nitrogen and oxygen atoms in total. The number of aliphatic carboxylic acids is 2. The summed E-state index contributed by atoms with van der Waals surface area (Å²) < 4.78 is 8.56. The number of ether oxygens (including phenoxy) is 2. The van der Waals surface area contributed by atoms with E-state index in [9.17, 15) is 24.3 Å². The first kappa shape index (κ1) is 17.8. The van der Waals surface area contributed by atoms with Gasteiger partial charge in [0.15, 0.2) is 19.6 Å². The van der Waals surface area contributed by atoms with Gasteiger partial charge in [-0.3, -0.25) is 4.48 Å². The van der Waals surface area contributed by atoms with Gasteiger partial charge in [-0.15, -0.1) is 0 Å². The number of carboxylic acid groups (broad SMARTS) is 2. The van der Waals surface area contributed by atoms with Gasteiger partial charge in [0.05, 0.1) is 5.97 Å². The molecule has 114 valence electrons. The van der Waals surface area contributed by atoms with E-state index in [0.29, 0.717) is 0 Å². The Morgan fingerprint density at radius 1 is 1.10 bits per heavy atom. The first-order valence-corrected chi connectivity index (χ1v) is 5.41. The Balaban J connectivity index is 0.00000361. The summed E-state index contributed by atoms with van der Waals surface area (Å²) in [5.74, 6) is -4.50. The summed E-state index contributed by atoms with van der Waals surface area (Å²) in [6.45, 7) is -2.91. The Hall–Kier alpha value is -2.20. The fourth-order valence-corrected chi connectivity index (χ4v) is 1.85. The standard InChI is InChI=1S/C10H13NO8.H3N/c12-7(13)3-11(4-8(14)15)5-9(16)18-1-2-19-10(17)6-11;/h1-6H2,(H-,12,13,14,15);1H3. The maximum absolute atomic E-state index is 11.5. The number of carbonyl (C=O) groups is 4. The summed E-state index contributed by atoms with van der Waals surface area (Å²) in [4.78, 5) is 44.5. The van der Waals surface area contributed by atoms with Crippen LogP contribution in [0.3, 0.4) is 0 Å².